The SMILES string of the molecule is CC1CCCCN(P)C1. The predicted molar refractivity (Wildman–Crippen MR) is 44.3 cm³/mol. The van der Waals surface area contributed by atoms with Gasteiger partial charge in [-0.15, -0.1) is 0 Å². The lowest BCUT2D eigenvalue weighted by atomic mass is 10.1. The summed E-state index contributed by atoms with van der Waals surface area (Å²) in [5, 5.41) is 0. The molecule has 54 valence electrons. The van der Waals surface area contributed by atoms with Gasteiger partial charge in [0.1, 0.15) is 0 Å². The Hall–Kier alpha value is 0.390. The molecule has 1 rings (SSSR count). The van der Waals surface area contributed by atoms with Crippen molar-refractivity contribution in [2.75, 3.05) is 13.1 Å². The van der Waals surface area contributed by atoms with Crippen LogP contribution in [0.15, 0.2) is 0 Å². The van der Waals surface area contributed by atoms with E-state index in [-0.39, 0.29) is 0 Å². The molecule has 2 heteroatoms. The molecule has 1 heterocycles. The Labute approximate surface area is 60.1 Å². The highest BCUT2D eigenvalue weighted by Gasteiger charge is 2.09. The number of hydrogen-bond donors (Lipinski definition) is 0. The molecule has 0 aliphatic carbocycles. The van der Waals surface area contributed by atoms with Gasteiger partial charge in [-0.2, -0.15) is 0 Å². The van der Waals surface area contributed by atoms with E-state index in [1.165, 1.54) is 32.4 Å². The first-order valence-corrected chi connectivity index (χ1v) is 4.30. The highest BCUT2D eigenvalue weighted by Crippen LogP contribution is 2.17. The van der Waals surface area contributed by atoms with Gasteiger partial charge in [-0.3, -0.25) is 4.67 Å². The summed E-state index contributed by atoms with van der Waals surface area (Å²) in [6, 6.07) is 0. The van der Waals surface area contributed by atoms with Gasteiger partial charge in [-0.25, -0.2) is 0 Å². The molecule has 9 heavy (non-hydrogen) atoms. The molecular weight excluding hydrogens is 129 g/mol. The van der Waals surface area contributed by atoms with Crippen LogP contribution in [0.1, 0.15) is 26.2 Å². The van der Waals surface area contributed by atoms with E-state index in [0.29, 0.717) is 0 Å². The van der Waals surface area contributed by atoms with Crippen LogP contribution in [0.25, 0.3) is 0 Å². The summed E-state index contributed by atoms with van der Waals surface area (Å²) >= 11 is 0. The van der Waals surface area contributed by atoms with E-state index in [9.17, 15) is 0 Å². The lowest BCUT2D eigenvalue weighted by Gasteiger charge is -2.14. The molecule has 0 aromatic rings. The molecule has 1 fully saturated rings. The number of hydrogen-bond acceptors (Lipinski definition) is 1. The van der Waals surface area contributed by atoms with Gasteiger partial charge in [0.2, 0.25) is 0 Å². The second-order valence-electron chi connectivity index (χ2n) is 3.10. The van der Waals surface area contributed by atoms with Crippen molar-refractivity contribution < 1.29 is 0 Å². The molecule has 2 atom stereocenters. The first-order valence-electron chi connectivity index (χ1n) is 3.78. The van der Waals surface area contributed by atoms with Gasteiger partial charge in [0.05, 0.1) is 0 Å². The topological polar surface area (TPSA) is 3.24 Å². The van der Waals surface area contributed by atoms with Gasteiger partial charge >= 0.3 is 0 Å². The highest BCUT2D eigenvalue weighted by atomic mass is 31.0. The van der Waals surface area contributed by atoms with Crippen molar-refractivity contribution in [2.24, 2.45) is 5.92 Å². The van der Waals surface area contributed by atoms with Crippen molar-refractivity contribution in [1.82, 2.24) is 4.67 Å². The molecule has 0 bridgehead atoms. The minimum Gasteiger partial charge on any atom is -0.287 e. The quantitative estimate of drug-likeness (QED) is 0.470. The Morgan fingerprint density at radius 1 is 1.44 bits per heavy atom. The Balaban J connectivity index is 2.29. The minimum absolute atomic E-state index is 0.907. The third kappa shape index (κ3) is 2.64. The maximum Gasteiger partial charge on any atom is 0.00419 e. The van der Waals surface area contributed by atoms with Gasteiger partial charge in [-0.05, 0) is 18.8 Å². The summed E-state index contributed by atoms with van der Waals surface area (Å²) in [7, 11) is 2.80. The van der Waals surface area contributed by atoms with E-state index in [1.54, 1.807) is 0 Å². The summed E-state index contributed by atoms with van der Waals surface area (Å²) in [5.74, 6) is 0.907. The van der Waals surface area contributed by atoms with Crippen LogP contribution >= 0.6 is 9.39 Å². The van der Waals surface area contributed by atoms with Gasteiger partial charge in [0.15, 0.2) is 0 Å². The lowest BCUT2D eigenvalue weighted by Crippen LogP contribution is -2.16. The molecule has 1 aliphatic heterocycles. The normalized spacial score (nSPS) is 32.0. The monoisotopic (exact) mass is 145 g/mol. The second-order valence-corrected chi connectivity index (χ2v) is 3.83. The van der Waals surface area contributed by atoms with Gasteiger partial charge in [0, 0.05) is 13.1 Å². The fourth-order valence-electron chi connectivity index (χ4n) is 1.39. The summed E-state index contributed by atoms with van der Waals surface area (Å²) in [6.45, 7) is 4.88. The Morgan fingerprint density at radius 2 is 2.22 bits per heavy atom. The van der Waals surface area contributed by atoms with E-state index in [4.69, 9.17) is 0 Å². The minimum atomic E-state index is 0.907. The fraction of sp³-hybridized carbons (Fsp3) is 1.00. The van der Waals surface area contributed by atoms with Crippen LogP contribution in [0.2, 0.25) is 0 Å². The van der Waals surface area contributed by atoms with Crippen LogP contribution in [-0.2, 0) is 0 Å². The van der Waals surface area contributed by atoms with Crippen molar-refractivity contribution in [1.29, 1.82) is 0 Å². The summed E-state index contributed by atoms with van der Waals surface area (Å²) in [6.07, 6.45) is 4.23. The highest BCUT2D eigenvalue weighted by molar-refractivity contribution is 7.13. The molecule has 0 saturated carbocycles. The molecule has 0 spiro atoms. The molecule has 1 saturated heterocycles. The van der Waals surface area contributed by atoms with Gasteiger partial charge in [-0.1, -0.05) is 22.7 Å². The van der Waals surface area contributed by atoms with Crippen LogP contribution in [0, 0.1) is 5.92 Å². The Morgan fingerprint density at radius 3 is 3.00 bits per heavy atom. The first-order chi connectivity index (χ1) is 4.29. The predicted octanol–water partition coefficient (Wildman–Crippen LogP) is 1.90. The lowest BCUT2D eigenvalue weighted by molar-refractivity contribution is 0.419. The molecule has 0 aromatic heterocycles. The summed E-state index contributed by atoms with van der Waals surface area (Å²) < 4.78 is 2.36. The van der Waals surface area contributed by atoms with Crippen LogP contribution in [0.3, 0.4) is 0 Å². The van der Waals surface area contributed by atoms with Crippen molar-refractivity contribution in [2.45, 2.75) is 26.2 Å². The standard InChI is InChI=1S/C7H16NP/c1-7-4-2-3-5-8(9)6-7/h7H,2-6,9H2,1H3. The van der Waals surface area contributed by atoms with E-state index < -0.39 is 0 Å². The second kappa shape index (κ2) is 3.53. The third-order valence-corrected chi connectivity index (χ3v) is 2.41. The van der Waals surface area contributed by atoms with Crippen LogP contribution in [0.4, 0.5) is 0 Å². The zero-order valence-corrected chi connectivity index (χ0v) is 7.29. The van der Waals surface area contributed by atoms with Crippen molar-refractivity contribution >= 4 is 9.39 Å². The van der Waals surface area contributed by atoms with E-state index >= 15 is 0 Å². The molecular formula is C7H16NP. The maximum absolute atomic E-state index is 2.80. The molecule has 0 N–H and O–H groups in total. The van der Waals surface area contributed by atoms with Gasteiger partial charge < -0.3 is 0 Å². The molecule has 1 nitrogen and oxygen atoms in total. The largest absolute Gasteiger partial charge is 0.287 e. The van der Waals surface area contributed by atoms with Crippen LogP contribution in [-0.4, -0.2) is 17.8 Å². The molecule has 0 aromatic carbocycles. The zero-order valence-electron chi connectivity index (χ0n) is 6.14. The molecule has 2 unspecified atom stereocenters. The van der Waals surface area contributed by atoms with Crippen molar-refractivity contribution in [3.8, 4) is 0 Å². The summed E-state index contributed by atoms with van der Waals surface area (Å²) in [4.78, 5) is 0. The third-order valence-electron chi connectivity index (χ3n) is 1.94. The fourth-order valence-corrected chi connectivity index (χ4v) is 1.93. The Bertz CT molecular complexity index is 75.0. The zero-order chi connectivity index (χ0) is 6.69. The Kier molecular flexibility index (Phi) is 2.94. The van der Waals surface area contributed by atoms with Crippen LogP contribution in [0.5, 0.6) is 0 Å². The average Bonchev–Trinajstić information content (AvgIpc) is 1.93. The van der Waals surface area contributed by atoms with Crippen LogP contribution < -0.4 is 0 Å². The van der Waals surface area contributed by atoms with E-state index in [0.717, 1.165) is 5.92 Å². The van der Waals surface area contributed by atoms with Crippen molar-refractivity contribution in [3.63, 3.8) is 0 Å². The summed E-state index contributed by atoms with van der Waals surface area (Å²) in [5.41, 5.74) is 0. The van der Waals surface area contributed by atoms with E-state index in [1.807, 2.05) is 0 Å². The van der Waals surface area contributed by atoms with Crippen molar-refractivity contribution in [3.05, 3.63) is 0 Å². The number of nitrogens with zero attached hydrogens (tertiary/aromatic N) is 1. The maximum atomic E-state index is 2.80. The smallest absolute Gasteiger partial charge is 0.00419 e. The first kappa shape index (κ1) is 7.50. The number of rotatable bonds is 0. The van der Waals surface area contributed by atoms with Gasteiger partial charge in [0.25, 0.3) is 0 Å². The van der Waals surface area contributed by atoms with E-state index in [2.05, 4.69) is 21.0 Å². The molecule has 0 radical (unpaired) electrons. The molecule has 1 aliphatic rings. The molecule has 0 amide bonds. The average molecular weight is 145 g/mol.